The quantitative estimate of drug-likeness (QED) is 0.816. The van der Waals surface area contributed by atoms with Crippen molar-refractivity contribution < 1.29 is 0 Å². The summed E-state index contributed by atoms with van der Waals surface area (Å²) in [5, 5.41) is 7.03. The smallest absolute Gasteiger partial charge is 0.213 e. The second-order valence-electron chi connectivity index (χ2n) is 4.41. The van der Waals surface area contributed by atoms with E-state index in [0.29, 0.717) is 10.7 Å². The number of aromatic amines is 2. The van der Waals surface area contributed by atoms with Crippen LogP contribution in [0.15, 0.2) is 6.20 Å². The summed E-state index contributed by atoms with van der Waals surface area (Å²) in [6.07, 6.45) is 8.51. The van der Waals surface area contributed by atoms with Gasteiger partial charge in [-0.2, -0.15) is 4.98 Å². The summed E-state index contributed by atoms with van der Waals surface area (Å²) in [6, 6.07) is 0. The fraction of sp³-hybridized carbons (Fsp3) is 0.545. The molecule has 0 saturated heterocycles. The normalized spacial score (nSPS) is 17.4. The van der Waals surface area contributed by atoms with Crippen LogP contribution in [0.3, 0.4) is 0 Å². The van der Waals surface area contributed by atoms with Gasteiger partial charge in [0.15, 0.2) is 5.82 Å². The monoisotopic (exact) mass is 266 g/mol. The number of nitrogens with zero attached hydrogens (tertiary/aromatic N) is 2. The number of aromatic nitrogens is 4. The molecule has 0 radical (unpaired) electrons. The maximum atomic E-state index is 4.95. The standard InChI is InChI=1S/C11H14N4S2/c16-11-13-9(14-15-11)8-6-12-10(17-8)7-4-2-1-3-5-7/h6-7H,1-5H2,(H2,13,14,15,16). The Bertz CT molecular complexity index is 548. The second kappa shape index (κ2) is 4.70. The van der Waals surface area contributed by atoms with Gasteiger partial charge in [-0.15, -0.1) is 11.3 Å². The van der Waals surface area contributed by atoms with Crippen molar-refractivity contribution in [3.05, 3.63) is 16.0 Å². The van der Waals surface area contributed by atoms with Crippen molar-refractivity contribution in [1.82, 2.24) is 20.2 Å². The molecule has 1 fully saturated rings. The molecular formula is C11H14N4S2. The van der Waals surface area contributed by atoms with E-state index >= 15 is 0 Å². The van der Waals surface area contributed by atoms with Crippen LogP contribution in [0.5, 0.6) is 0 Å². The summed E-state index contributed by atoms with van der Waals surface area (Å²) in [5.74, 6) is 1.46. The van der Waals surface area contributed by atoms with Crippen molar-refractivity contribution in [2.75, 3.05) is 0 Å². The third-order valence-corrected chi connectivity index (χ3v) is 4.57. The van der Waals surface area contributed by atoms with E-state index in [1.807, 2.05) is 6.20 Å². The first-order valence-electron chi connectivity index (χ1n) is 5.94. The highest BCUT2D eigenvalue weighted by Gasteiger charge is 2.19. The van der Waals surface area contributed by atoms with E-state index in [1.165, 1.54) is 37.1 Å². The Hall–Kier alpha value is -1.01. The Labute approximate surface area is 109 Å². The van der Waals surface area contributed by atoms with Gasteiger partial charge in [-0.1, -0.05) is 19.3 Å². The van der Waals surface area contributed by atoms with Gasteiger partial charge < -0.3 is 0 Å². The first-order chi connectivity index (χ1) is 8.33. The molecule has 1 aliphatic carbocycles. The van der Waals surface area contributed by atoms with Gasteiger partial charge in [0.2, 0.25) is 4.77 Å². The third kappa shape index (κ3) is 2.32. The molecule has 1 aliphatic rings. The number of H-pyrrole nitrogens is 2. The predicted octanol–water partition coefficient (Wildman–Crippen LogP) is 3.64. The number of rotatable bonds is 2. The van der Waals surface area contributed by atoms with E-state index in [9.17, 15) is 0 Å². The topological polar surface area (TPSA) is 57.4 Å². The van der Waals surface area contributed by atoms with Crippen LogP contribution < -0.4 is 0 Å². The molecule has 0 spiro atoms. The fourth-order valence-electron chi connectivity index (χ4n) is 2.32. The van der Waals surface area contributed by atoms with Crippen LogP contribution >= 0.6 is 23.6 Å². The zero-order valence-corrected chi connectivity index (χ0v) is 11.0. The Kier molecular flexibility index (Phi) is 3.07. The molecule has 0 aromatic carbocycles. The fourth-order valence-corrected chi connectivity index (χ4v) is 3.50. The highest BCUT2D eigenvalue weighted by molar-refractivity contribution is 7.71. The molecule has 90 valence electrons. The minimum atomic E-state index is 0.493. The lowest BCUT2D eigenvalue weighted by atomic mass is 9.90. The molecule has 1 saturated carbocycles. The SMILES string of the molecule is S=c1nc(-c2cnc(C3CCCCC3)s2)[nH][nH]1. The van der Waals surface area contributed by atoms with Crippen molar-refractivity contribution >= 4 is 23.6 Å². The third-order valence-electron chi connectivity index (χ3n) is 3.21. The van der Waals surface area contributed by atoms with Crippen LogP contribution in [0.1, 0.15) is 43.0 Å². The number of hydrogen-bond acceptors (Lipinski definition) is 4. The summed E-state index contributed by atoms with van der Waals surface area (Å²) in [4.78, 5) is 9.82. The van der Waals surface area contributed by atoms with Gasteiger partial charge in [-0.05, 0) is 25.1 Å². The second-order valence-corrected chi connectivity index (χ2v) is 5.86. The lowest BCUT2D eigenvalue weighted by molar-refractivity contribution is 0.442. The summed E-state index contributed by atoms with van der Waals surface area (Å²) in [5.41, 5.74) is 0. The lowest BCUT2D eigenvalue weighted by Gasteiger charge is -2.18. The first-order valence-corrected chi connectivity index (χ1v) is 7.16. The predicted molar refractivity (Wildman–Crippen MR) is 70.7 cm³/mol. The molecule has 6 heteroatoms. The minimum Gasteiger partial charge on any atom is -0.281 e. The molecular weight excluding hydrogens is 252 g/mol. The Morgan fingerprint density at radius 2 is 2.06 bits per heavy atom. The summed E-state index contributed by atoms with van der Waals surface area (Å²) < 4.78 is 0.493. The molecule has 2 aromatic rings. The molecule has 17 heavy (non-hydrogen) atoms. The summed E-state index contributed by atoms with van der Waals surface area (Å²) >= 11 is 6.69. The van der Waals surface area contributed by atoms with Crippen molar-refractivity contribution in [2.45, 2.75) is 38.0 Å². The van der Waals surface area contributed by atoms with Gasteiger partial charge in [0, 0.05) is 12.1 Å². The van der Waals surface area contributed by atoms with E-state index in [2.05, 4.69) is 20.2 Å². The minimum absolute atomic E-state index is 0.493. The van der Waals surface area contributed by atoms with E-state index in [1.54, 1.807) is 11.3 Å². The summed E-state index contributed by atoms with van der Waals surface area (Å²) in [7, 11) is 0. The highest BCUT2D eigenvalue weighted by atomic mass is 32.1. The maximum absolute atomic E-state index is 4.95. The average Bonchev–Trinajstić information content (AvgIpc) is 2.98. The van der Waals surface area contributed by atoms with Crippen LogP contribution in [-0.4, -0.2) is 20.2 Å². The van der Waals surface area contributed by atoms with E-state index in [4.69, 9.17) is 12.2 Å². The van der Waals surface area contributed by atoms with Crippen LogP contribution in [0.4, 0.5) is 0 Å². The van der Waals surface area contributed by atoms with Gasteiger partial charge in [-0.3, -0.25) is 10.2 Å². The molecule has 2 N–H and O–H groups in total. The molecule has 2 aromatic heterocycles. The molecule has 0 atom stereocenters. The van der Waals surface area contributed by atoms with Crippen LogP contribution in [-0.2, 0) is 0 Å². The van der Waals surface area contributed by atoms with Crippen LogP contribution in [0, 0.1) is 4.77 Å². The Morgan fingerprint density at radius 1 is 1.24 bits per heavy atom. The molecule has 4 nitrogen and oxygen atoms in total. The zero-order valence-electron chi connectivity index (χ0n) is 9.40. The number of hydrogen-bond donors (Lipinski definition) is 2. The van der Waals surface area contributed by atoms with Crippen molar-refractivity contribution in [2.24, 2.45) is 0 Å². The summed E-state index contributed by atoms with van der Waals surface area (Å²) in [6.45, 7) is 0. The van der Waals surface area contributed by atoms with Gasteiger partial charge in [0.25, 0.3) is 0 Å². The van der Waals surface area contributed by atoms with Crippen molar-refractivity contribution in [1.29, 1.82) is 0 Å². The van der Waals surface area contributed by atoms with Crippen molar-refractivity contribution in [3.8, 4) is 10.7 Å². The zero-order chi connectivity index (χ0) is 11.7. The molecule has 2 heterocycles. The largest absolute Gasteiger partial charge is 0.281 e. The van der Waals surface area contributed by atoms with E-state index < -0.39 is 0 Å². The van der Waals surface area contributed by atoms with Crippen molar-refractivity contribution in [3.63, 3.8) is 0 Å². The average molecular weight is 266 g/mol. The maximum Gasteiger partial charge on any atom is 0.213 e. The van der Waals surface area contributed by atoms with Gasteiger partial charge in [0.1, 0.15) is 0 Å². The molecule has 0 aliphatic heterocycles. The first kappa shape index (κ1) is 11.1. The Balaban J connectivity index is 1.84. The van der Waals surface area contributed by atoms with E-state index in [0.717, 1.165) is 10.7 Å². The number of nitrogens with one attached hydrogen (secondary N) is 2. The van der Waals surface area contributed by atoms with Crippen LogP contribution in [0.2, 0.25) is 0 Å². The molecule has 0 amide bonds. The molecule has 3 rings (SSSR count). The molecule has 0 bridgehead atoms. The van der Waals surface area contributed by atoms with E-state index in [-0.39, 0.29) is 0 Å². The number of thiazole rings is 1. The molecule has 0 unspecified atom stereocenters. The highest BCUT2D eigenvalue weighted by Crippen LogP contribution is 2.36. The van der Waals surface area contributed by atoms with Crippen LogP contribution in [0.25, 0.3) is 10.7 Å². The van der Waals surface area contributed by atoms with Gasteiger partial charge in [-0.25, -0.2) is 4.98 Å². The van der Waals surface area contributed by atoms with Gasteiger partial charge >= 0.3 is 0 Å². The Morgan fingerprint density at radius 3 is 2.76 bits per heavy atom. The lowest BCUT2D eigenvalue weighted by Crippen LogP contribution is -2.03. The van der Waals surface area contributed by atoms with Gasteiger partial charge in [0.05, 0.1) is 9.88 Å².